The van der Waals surface area contributed by atoms with Gasteiger partial charge < -0.3 is 4.52 Å². The van der Waals surface area contributed by atoms with Gasteiger partial charge in [0.15, 0.2) is 0 Å². The van der Waals surface area contributed by atoms with Crippen molar-refractivity contribution in [1.82, 2.24) is 0 Å². The maximum absolute atomic E-state index is 5.04. The molecule has 0 radical (unpaired) electrons. The average molecular weight is 212 g/mol. The number of hydrogen-bond acceptors (Lipinski definition) is 1. The average Bonchev–Trinajstić information content (AvgIpc) is 2.22. The number of aryl methyl sites for hydroxylation is 1. The largest absolute Gasteiger partial charge is 0.361 e. The molecule has 0 aliphatic carbocycles. The maximum Gasteiger partial charge on any atom is 0.0755 e. The summed E-state index contributed by atoms with van der Waals surface area (Å²) in [5.41, 5.74) is 4.07. The molecule has 1 atom stereocenters. The van der Waals surface area contributed by atoms with Gasteiger partial charge in [0, 0.05) is 9.47 Å². The van der Waals surface area contributed by atoms with E-state index >= 15 is 0 Å². The van der Waals surface area contributed by atoms with Crippen molar-refractivity contribution in [2.24, 2.45) is 0 Å². The van der Waals surface area contributed by atoms with Crippen molar-refractivity contribution in [3.8, 4) is 0 Å². The Morgan fingerprint density at radius 2 is 1.93 bits per heavy atom. The second-order valence-electron chi connectivity index (χ2n) is 2.88. The van der Waals surface area contributed by atoms with Crippen LogP contribution in [0.15, 0.2) is 18.2 Å². The minimum Gasteiger partial charge on any atom is -0.361 e. The Morgan fingerprint density at radius 3 is 2.43 bits per heavy atom. The van der Waals surface area contributed by atoms with Gasteiger partial charge in [-0.25, -0.2) is 0 Å². The van der Waals surface area contributed by atoms with Crippen LogP contribution >= 0.6 is 9.47 Å². The maximum atomic E-state index is 5.04. The van der Waals surface area contributed by atoms with Crippen LogP contribution in [0.5, 0.6) is 0 Å². The molecule has 80 valence electrons. The van der Waals surface area contributed by atoms with Crippen LogP contribution in [0.1, 0.15) is 37.5 Å². The van der Waals surface area contributed by atoms with Gasteiger partial charge in [-0.1, -0.05) is 39.0 Å². The Balaban J connectivity index is 0.000000791. The summed E-state index contributed by atoms with van der Waals surface area (Å²) < 4.78 is 5.04. The Morgan fingerprint density at radius 1 is 1.29 bits per heavy atom. The highest BCUT2D eigenvalue weighted by molar-refractivity contribution is 7.09. The topological polar surface area (TPSA) is 9.23 Å². The smallest absolute Gasteiger partial charge is 0.0755 e. The lowest BCUT2D eigenvalue weighted by molar-refractivity contribution is 0.360. The van der Waals surface area contributed by atoms with Crippen LogP contribution < -0.4 is 0 Å². The first-order chi connectivity index (χ1) is 6.79. The lowest BCUT2D eigenvalue weighted by Gasteiger charge is -2.09. The highest BCUT2D eigenvalue weighted by Gasteiger charge is 2.01. The van der Waals surface area contributed by atoms with Crippen molar-refractivity contribution in [3.63, 3.8) is 0 Å². The van der Waals surface area contributed by atoms with E-state index in [-0.39, 0.29) is 0 Å². The van der Waals surface area contributed by atoms with Crippen molar-refractivity contribution in [2.45, 2.75) is 40.7 Å². The first-order valence-electron chi connectivity index (χ1n) is 5.18. The molecule has 0 heterocycles. The zero-order chi connectivity index (χ0) is 11.0. The predicted octanol–water partition coefficient (Wildman–Crippen LogP) is 3.89. The van der Waals surface area contributed by atoms with Crippen LogP contribution in [-0.4, -0.2) is 0 Å². The molecule has 0 spiro atoms. The first-order valence-corrected chi connectivity index (χ1v) is 5.65. The van der Waals surface area contributed by atoms with Gasteiger partial charge >= 0.3 is 0 Å². The predicted molar refractivity (Wildman–Crippen MR) is 66.4 cm³/mol. The molecule has 14 heavy (non-hydrogen) atoms. The highest BCUT2D eigenvalue weighted by atomic mass is 31.0. The SMILES string of the molecule is CC.CCc1c(C)cccc1COP. The number of hydrogen-bond donors (Lipinski definition) is 0. The molecule has 0 aliphatic rings. The Hall–Kier alpha value is -0.390. The van der Waals surface area contributed by atoms with Gasteiger partial charge in [0.05, 0.1) is 6.61 Å². The monoisotopic (exact) mass is 212 g/mol. The molecule has 0 N–H and O–H groups in total. The summed E-state index contributed by atoms with van der Waals surface area (Å²) in [5.74, 6) is 0. The van der Waals surface area contributed by atoms with E-state index in [1.54, 1.807) is 0 Å². The van der Waals surface area contributed by atoms with E-state index in [1.807, 2.05) is 13.8 Å². The summed E-state index contributed by atoms with van der Waals surface area (Å²) in [6.07, 6.45) is 1.08. The van der Waals surface area contributed by atoms with Gasteiger partial charge in [0.1, 0.15) is 0 Å². The van der Waals surface area contributed by atoms with Crippen LogP contribution in [0.25, 0.3) is 0 Å². The highest BCUT2D eigenvalue weighted by Crippen LogP contribution is 2.16. The van der Waals surface area contributed by atoms with E-state index in [0.29, 0.717) is 6.61 Å². The van der Waals surface area contributed by atoms with Crippen molar-refractivity contribution >= 4 is 9.47 Å². The fraction of sp³-hybridized carbons (Fsp3) is 0.500. The van der Waals surface area contributed by atoms with Crippen molar-refractivity contribution in [2.75, 3.05) is 0 Å². The number of benzene rings is 1. The molecule has 0 aromatic heterocycles. The van der Waals surface area contributed by atoms with Crippen LogP contribution in [-0.2, 0) is 17.6 Å². The van der Waals surface area contributed by atoms with E-state index in [2.05, 4.69) is 41.5 Å². The molecule has 0 bridgehead atoms. The first kappa shape index (κ1) is 13.6. The van der Waals surface area contributed by atoms with Gasteiger partial charge in [-0.3, -0.25) is 0 Å². The van der Waals surface area contributed by atoms with E-state index in [4.69, 9.17) is 4.52 Å². The standard InChI is InChI=1S/C10H15OP.C2H6/c1-3-10-8(2)5-4-6-9(10)7-11-12;1-2/h4-6H,3,7,12H2,1-2H3;1-2H3. The van der Waals surface area contributed by atoms with Crippen molar-refractivity contribution in [1.29, 1.82) is 0 Å². The quantitative estimate of drug-likeness (QED) is 0.691. The molecule has 1 aromatic carbocycles. The second-order valence-corrected chi connectivity index (χ2v) is 3.21. The Bertz CT molecular complexity index is 258. The third kappa shape index (κ3) is 3.77. The zero-order valence-electron chi connectivity index (χ0n) is 9.63. The second kappa shape index (κ2) is 7.96. The van der Waals surface area contributed by atoms with Gasteiger partial charge in [0.2, 0.25) is 0 Å². The third-order valence-corrected chi connectivity index (χ3v) is 2.27. The Kier molecular flexibility index (Phi) is 7.74. The van der Waals surface area contributed by atoms with E-state index in [9.17, 15) is 0 Å². The molecule has 1 aromatic rings. The minimum absolute atomic E-state index is 0.690. The normalized spacial score (nSPS) is 9.21. The molecule has 2 heteroatoms. The van der Waals surface area contributed by atoms with E-state index in [0.717, 1.165) is 6.42 Å². The van der Waals surface area contributed by atoms with E-state index in [1.165, 1.54) is 16.7 Å². The summed E-state index contributed by atoms with van der Waals surface area (Å²) in [6.45, 7) is 9.01. The third-order valence-electron chi connectivity index (χ3n) is 2.10. The zero-order valence-corrected chi connectivity index (χ0v) is 10.8. The van der Waals surface area contributed by atoms with Gasteiger partial charge in [-0.2, -0.15) is 0 Å². The lowest BCUT2D eigenvalue weighted by atomic mass is 10.0. The summed E-state index contributed by atoms with van der Waals surface area (Å²) in [6, 6.07) is 6.34. The van der Waals surface area contributed by atoms with Crippen molar-refractivity contribution in [3.05, 3.63) is 34.9 Å². The fourth-order valence-corrected chi connectivity index (χ4v) is 1.67. The molecule has 0 saturated carbocycles. The Labute approximate surface area is 90.2 Å². The van der Waals surface area contributed by atoms with Gasteiger partial charge in [0.25, 0.3) is 0 Å². The van der Waals surface area contributed by atoms with Crippen LogP contribution in [0.2, 0.25) is 0 Å². The number of rotatable bonds is 3. The minimum atomic E-state index is 0.690. The molecular formula is C12H21OP. The molecule has 0 saturated heterocycles. The van der Waals surface area contributed by atoms with Crippen LogP contribution in [0.4, 0.5) is 0 Å². The van der Waals surface area contributed by atoms with Crippen molar-refractivity contribution < 1.29 is 4.52 Å². The molecule has 0 fully saturated rings. The summed E-state index contributed by atoms with van der Waals surface area (Å²) >= 11 is 0. The van der Waals surface area contributed by atoms with E-state index < -0.39 is 0 Å². The van der Waals surface area contributed by atoms with Gasteiger partial charge in [-0.15, -0.1) is 0 Å². The lowest BCUT2D eigenvalue weighted by Crippen LogP contribution is -1.95. The summed E-state index contributed by atoms with van der Waals surface area (Å²) in [4.78, 5) is 0. The fourth-order valence-electron chi connectivity index (χ4n) is 1.49. The molecule has 1 nitrogen and oxygen atoms in total. The van der Waals surface area contributed by atoms with Crippen LogP contribution in [0.3, 0.4) is 0 Å². The van der Waals surface area contributed by atoms with Crippen LogP contribution in [0, 0.1) is 6.92 Å². The molecule has 1 rings (SSSR count). The summed E-state index contributed by atoms with van der Waals surface area (Å²) in [7, 11) is 2.29. The van der Waals surface area contributed by atoms with Gasteiger partial charge in [-0.05, 0) is 30.0 Å². The molecule has 1 unspecified atom stereocenters. The molecular weight excluding hydrogens is 191 g/mol. The molecule has 0 aliphatic heterocycles. The molecule has 0 amide bonds. The summed E-state index contributed by atoms with van der Waals surface area (Å²) in [5, 5.41) is 0.